The average molecular weight is 341 g/mol. The van der Waals surface area contributed by atoms with Crippen molar-refractivity contribution in [3.63, 3.8) is 0 Å². The van der Waals surface area contributed by atoms with Crippen molar-refractivity contribution in [2.24, 2.45) is 0 Å². The number of aliphatic carboxylic acids is 1. The molecule has 0 aliphatic carbocycles. The fraction of sp³-hybridized carbons (Fsp3) is 0.500. The van der Waals surface area contributed by atoms with Crippen molar-refractivity contribution in [3.8, 4) is 0 Å². The maximum Gasteiger partial charge on any atom is 0.323 e. The van der Waals surface area contributed by atoms with Crippen molar-refractivity contribution in [1.29, 1.82) is 0 Å². The molecule has 1 aromatic carbocycles. The first-order valence-corrected chi connectivity index (χ1v) is 9.29. The Kier molecular flexibility index (Phi) is 7.22. The SMILES string of the molecule is CC(C)N(CC(=O)O)C(=O)CS(=O)(=O)CCCc1ccccc1. The molecule has 0 spiro atoms. The van der Waals surface area contributed by atoms with Crippen LogP contribution in [0.4, 0.5) is 0 Å². The summed E-state index contributed by atoms with van der Waals surface area (Å²) in [6.45, 7) is 2.82. The number of benzene rings is 1. The standard InChI is InChI=1S/C16H23NO5S/c1-13(2)17(11-16(19)20)15(18)12-23(21,22)10-6-9-14-7-4-3-5-8-14/h3-5,7-8,13H,6,9-12H2,1-2H3,(H,19,20). The Hall–Kier alpha value is -1.89. The Bertz CT molecular complexity index is 625. The molecule has 0 saturated heterocycles. The van der Waals surface area contributed by atoms with E-state index < -0.39 is 34.0 Å². The molecule has 0 heterocycles. The van der Waals surface area contributed by atoms with E-state index in [1.165, 1.54) is 0 Å². The van der Waals surface area contributed by atoms with Crippen LogP contribution >= 0.6 is 0 Å². The highest BCUT2D eigenvalue weighted by atomic mass is 32.2. The van der Waals surface area contributed by atoms with Crippen molar-refractivity contribution < 1.29 is 23.1 Å². The van der Waals surface area contributed by atoms with Gasteiger partial charge in [0.25, 0.3) is 0 Å². The molecule has 7 heteroatoms. The number of carbonyl (C=O) groups excluding carboxylic acids is 1. The molecule has 0 aliphatic rings. The van der Waals surface area contributed by atoms with Crippen LogP contribution in [0.5, 0.6) is 0 Å². The zero-order valence-corrected chi connectivity index (χ0v) is 14.3. The Labute approximate surface area is 137 Å². The number of hydrogen-bond acceptors (Lipinski definition) is 4. The summed E-state index contributed by atoms with van der Waals surface area (Å²) >= 11 is 0. The number of hydrogen-bond donors (Lipinski definition) is 1. The number of carboxylic acids is 1. The minimum absolute atomic E-state index is 0.0906. The highest BCUT2D eigenvalue weighted by molar-refractivity contribution is 7.92. The van der Waals surface area contributed by atoms with Gasteiger partial charge in [-0.2, -0.15) is 0 Å². The van der Waals surface area contributed by atoms with Gasteiger partial charge in [0, 0.05) is 6.04 Å². The van der Waals surface area contributed by atoms with Crippen LogP contribution in [0.15, 0.2) is 30.3 Å². The third kappa shape index (κ3) is 7.27. The number of amides is 1. The molecule has 0 aromatic heterocycles. The van der Waals surface area contributed by atoms with Gasteiger partial charge in [-0.15, -0.1) is 0 Å². The molecule has 0 saturated carbocycles. The lowest BCUT2D eigenvalue weighted by Gasteiger charge is -2.24. The number of aryl methyl sites for hydroxylation is 1. The van der Waals surface area contributed by atoms with E-state index in [0.717, 1.165) is 10.5 Å². The van der Waals surface area contributed by atoms with Crippen molar-refractivity contribution in [3.05, 3.63) is 35.9 Å². The lowest BCUT2D eigenvalue weighted by atomic mass is 10.1. The second kappa shape index (κ2) is 8.67. The Morgan fingerprint density at radius 1 is 1.17 bits per heavy atom. The third-order valence-corrected chi connectivity index (χ3v) is 4.95. The predicted molar refractivity (Wildman–Crippen MR) is 87.9 cm³/mol. The summed E-state index contributed by atoms with van der Waals surface area (Å²) in [5, 5.41) is 8.80. The molecule has 128 valence electrons. The van der Waals surface area contributed by atoms with Gasteiger partial charge in [0.15, 0.2) is 9.84 Å². The van der Waals surface area contributed by atoms with Crippen LogP contribution in [0.2, 0.25) is 0 Å². The van der Waals surface area contributed by atoms with Crippen LogP contribution in [0.1, 0.15) is 25.8 Å². The lowest BCUT2D eigenvalue weighted by Crippen LogP contribution is -2.43. The minimum Gasteiger partial charge on any atom is -0.480 e. The highest BCUT2D eigenvalue weighted by Gasteiger charge is 2.25. The summed E-state index contributed by atoms with van der Waals surface area (Å²) in [5.74, 6) is -2.56. The first-order chi connectivity index (χ1) is 10.7. The van der Waals surface area contributed by atoms with Crippen molar-refractivity contribution in [1.82, 2.24) is 4.90 Å². The normalized spacial score (nSPS) is 11.4. The van der Waals surface area contributed by atoms with Crippen molar-refractivity contribution in [2.75, 3.05) is 18.1 Å². The quantitative estimate of drug-likeness (QED) is 0.732. The molecule has 0 atom stereocenters. The largest absolute Gasteiger partial charge is 0.480 e. The monoisotopic (exact) mass is 341 g/mol. The van der Waals surface area contributed by atoms with Crippen LogP contribution < -0.4 is 0 Å². The van der Waals surface area contributed by atoms with Gasteiger partial charge in [0.1, 0.15) is 12.3 Å². The van der Waals surface area contributed by atoms with Gasteiger partial charge in [0.05, 0.1) is 5.75 Å². The third-order valence-electron chi connectivity index (χ3n) is 3.36. The fourth-order valence-corrected chi connectivity index (χ4v) is 3.46. The molecule has 0 aliphatic heterocycles. The molecule has 1 rings (SSSR count). The van der Waals surface area contributed by atoms with Gasteiger partial charge in [-0.25, -0.2) is 8.42 Å². The average Bonchev–Trinajstić information content (AvgIpc) is 2.44. The summed E-state index contributed by atoms with van der Waals surface area (Å²) < 4.78 is 24.1. The minimum atomic E-state index is -3.55. The number of sulfone groups is 1. The van der Waals surface area contributed by atoms with Gasteiger partial charge in [-0.3, -0.25) is 9.59 Å². The maximum atomic E-state index is 12.1. The Morgan fingerprint density at radius 2 is 1.78 bits per heavy atom. The van der Waals surface area contributed by atoms with E-state index in [2.05, 4.69) is 0 Å². The van der Waals surface area contributed by atoms with Crippen LogP contribution in [-0.2, 0) is 25.8 Å². The van der Waals surface area contributed by atoms with Crippen molar-refractivity contribution >= 4 is 21.7 Å². The Morgan fingerprint density at radius 3 is 2.30 bits per heavy atom. The summed E-state index contributed by atoms with van der Waals surface area (Å²) in [6.07, 6.45) is 1.05. The van der Waals surface area contributed by atoms with Gasteiger partial charge < -0.3 is 10.0 Å². The highest BCUT2D eigenvalue weighted by Crippen LogP contribution is 2.07. The maximum absolute atomic E-state index is 12.1. The van der Waals surface area contributed by atoms with E-state index in [1.54, 1.807) is 13.8 Å². The van der Waals surface area contributed by atoms with E-state index in [9.17, 15) is 18.0 Å². The molecule has 0 bridgehead atoms. The first-order valence-electron chi connectivity index (χ1n) is 7.47. The zero-order chi connectivity index (χ0) is 17.5. The number of carbonyl (C=O) groups is 2. The topological polar surface area (TPSA) is 91.8 Å². The van der Waals surface area contributed by atoms with Crippen LogP contribution in [0.25, 0.3) is 0 Å². The van der Waals surface area contributed by atoms with Gasteiger partial charge in [-0.05, 0) is 32.3 Å². The van der Waals surface area contributed by atoms with Gasteiger partial charge >= 0.3 is 5.97 Å². The number of carboxylic acid groups (broad SMARTS) is 1. The molecule has 0 radical (unpaired) electrons. The molecule has 6 nitrogen and oxygen atoms in total. The molecule has 1 aromatic rings. The number of nitrogens with zero attached hydrogens (tertiary/aromatic N) is 1. The van der Waals surface area contributed by atoms with E-state index in [1.807, 2.05) is 30.3 Å². The van der Waals surface area contributed by atoms with E-state index in [-0.39, 0.29) is 11.8 Å². The summed E-state index contributed by atoms with van der Waals surface area (Å²) in [4.78, 5) is 23.9. The fourth-order valence-electron chi connectivity index (χ4n) is 2.19. The summed E-state index contributed by atoms with van der Waals surface area (Å²) in [7, 11) is -3.55. The molecule has 1 N–H and O–H groups in total. The van der Waals surface area contributed by atoms with Gasteiger partial charge in [-0.1, -0.05) is 30.3 Å². The molecule has 23 heavy (non-hydrogen) atoms. The smallest absolute Gasteiger partial charge is 0.323 e. The lowest BCUT2D eigenvalue weighted by molar-refractivity contribution is -0.144. The zero-order valence-electron chi connectivity index (χ0n) is 13.4. The molecular weight excluding hydrogens is 318 g/mol. The molecule has 0 fully saturated rings. The summed E-state index contributed by atoms with van der Waals surface area (Å²) in [5.41, 5.74) is 1.05. The second-order valence-electron chi connectivity index (χ2n) is 5.69. The Balaban J connectivity index is 2.55. The van der Waals surface area contributed by atoms with Crippen LogP contribution in [0.3, 0.4) is 0 Å². The van der Waals surface area contributed by atoms with Crippen LogP contribution in [-0.4, -0.2) is 54.4 Å². The summed E-state index contributed by atoms with van der Waals surface area (Å²) in [6, 6.07) is 9.15. The van der Waals surface area contributed by atoms with Crippen LogP contribution in [0, 0.1) is 0 Å². The number of rotatable bonds is 9. The molecule has 1 amide bonds. The predicted octanol–water partition coefficient (Wildman–Crippen LogP) is 1.36. The first kappa shape index (κ1) is 19.2. The second-order valence-corrected chi connectivity index (χ2v) is 7.87. The van der Waals surface area contributed by atoms with E-state index in [4.69, 9.17) is 5.11 Å². The van der Waals surface area contributed by atoms with Crippen molar-refractivity contribution in [2.45, 2.75) is 32.7 Å². The van der Waals surface area contributed by atoms with E-state index >= 15 is 0 Å². The van der Waals surface area contributed by atoms with Gasteiger partial charge in [0.2, 0.25) is 5.91 Å². The molecule has 0 unspecified atom stereocenters. The van der Waals surface area contributed by atoms with E-state index in [0.29, 0.717) is 12.8 Å². The molecular formula is C16H23NO5S.